The molecular weight excluding hydrogens is 400 g/mol. The molecule has 7 nitrogen and oxygen atoms in total. The number of benzene rings is 1. The molecule has 0 bridgehead atoms. The zero-order valence-corrected chi connectivity index (χ0v) is 19.4. The zero-order valence-electron chi connectivity index (χ0n) is 18.6. The minimum atomic E-state index is -3.75. The van der Waals surface area contributed by atoms with E-state index in [0.717, 1.165) is 43.6 Å². The summed E-state index contributed by atoms with van der Waals surface area (Å²) in [7, 11) is -3.75. The highest BCUT2D eigenvalue weighted by molar-refractivity contribution is 7.89. The molecule has 1 aromatic rings. The van der Waals surface area contributed by atoms with Gasteiger partial charge in [-0.05, 0) is 63.4 Å². The number of piperazine rings is 1. The van der Waals surface area contributed by atoms with Gasteiger partial charge in [0.1, 0.15) is 0 Å². The number of nitrogens with zero attached hydrogens (tertiary/aromatic N) is 3. The van der Waals surface area contributed by atoms with Gasteiger partial charge in [0.25, 0.3) is 0 Å². The van der Waals surface area contributed by atoms with Crippen molar-refractivity contribution in [1.29, 1.82) is 0 Å². The molecule has 0 spiro atoms. The van der Waals surface area contributed by atoms with Gasteiger partial charge < -0.3 is 10.2 Å². The van der Waals surface area contributed by atoms with Gasteiger partial charge in [-0.1, -0.05) is 12.5 Å². The Morgan fingerprint density at radius 1 is 1.13 bits per heavy atom. The molecule has 1 atom stereocenters. The number of carbonyl (C=O) groups excluding carboxylic acids is 1. The standard InChI is InChI=1S/C22H36N4O3S/c1-18-7-8-21(16-19(18)2)30(28,29)26(15-14-24-11-5-4-6-20(24)3)17-22(27)25-12-9-23-10-13-25/h7-8,16,20,23H,4-6,9-15,17H2,1-3H3/t20-/m0/s1. The third-order valence-electron chi connectivity index (χ3n) is 6.47. The van der Waals surface area contributed by atoms with Gasteiger partial charge in [-0.2, -0.15) is 4.31 Å². The Labute approximate surface area is 181 Å². The van der Waals surface area contributed by atoms with Crippen LogP contribution >= 0.6 is 0 Å². The number of likely N-dealkylation sites (tertiary alicyclic amines) is 1. The molecule has 1 N–H and O–H groups in total. The van der Waals surface area contributed by atoms with Crippen LogP contribution in [-0.4, -0.2) is 86.8 Å². The molecule has 0 aromatic heterocycles. The molecule has 2 fully saturated rings. The first-order valence-corrected chi connectivity index (χ1v) is 12.5. The van der Waals surface area contributed by atoms with Gasteiger partial charge >= 0.3 is 0 Å². The Hall–Kier alpha value is -1.48. The summed E-state index contributed by atoms with van der Waals surface area (Å²) in [4.78, 5) is 17.3. The summed E-state index contributed by atoms with van der Waals surface area (Å²) in [6, 6.07) is 5.67. The highest BCUT2D eigenvalue weighted by atomic mass is 32.2. The number of nitrogens with one attached hydrogen (secondary N) is 1. The summed E-state index contributed by atoms with van der Waals surface area (Å²) in [6.07, 6.45) is 3.52. The van der Waals surface area contributed by atoms with Crippen LogP contribution in [0.15, 0.2) is 23.1 Å². The number of carbonyl (C=O) groups is 1. The van der Waals surface area contributed by atoms with E-state index in [1.54, 1.807) is 17.0 Å². The van der Waals surface area contributed by atoms with Crippen LogP contribution in [0.2, 0.25) is 0 Å². The lowest BCUT2D eigenvalue weighted by molar-refractivity contribution is -0.132. The van der Waals surface area contributed by atoms with Crippen LogP contribution in [0.4, 0.5) is 0 Å². The second-order valence-electron chi connectivity index (χ2n) is 8.60. The first-order valence-electron chi connectivity index (χ1n) is 11.1. The molecule has 3 rings (SSSR count). The predicted molar refractivity (Wildman–Crippen MR) is 119 cm³/mol. The Balaban J connectivity index is 1.79. The number of rotatable bonds is 7. The van der Waals surface area contributed by atoms with Gasteiger partial charge in [0.15, 0.2) is 0 Å². The summed E-state index contributed by atoms with van der Waals surface area (Å²) >= 11 is 0. The minimum absolute atomic E-state index is 0.0997. The van der Waals surface area contributed by atoms with Gasteiger partial charge in [-0.25, -0.2) is 8.42 Å². The topological polar surface area (TPSA) is 73.0 Å². The van der Waals surface area contributed by atoms with Crippen molar-refractivity contribution < 1.29 is 13.2 Å². The lowest BCUT2D eigenvalue weighted by atomic mass is 10.0. The fourth-order valence-electron chi connectivity index (χ4n) is 4.20. The van der Waals surface area contributed by atoms with E-state index in [9.17, 15) is 13.2 Å². The van der Waals surface area contributed by atoms with Crippen molar-refractivity contribution in [1.82, 2.24) is 19.4 Å². The fourth-order valence-corrected chi connectivity index (χ4v) is 5.67. The number of hydrogen-bond donors (Lipinski definition) is 1. The third-order valence-corrected chi connectivity index (χ3v) is 8.32. The van der Waals surface area contributed by atoms with Crippen molar-refractivity contribution in [2.45, 2.75) is 51.0 Å². The van der Waals surface area contributed by atoms with E-state index in [1.165, 1.54) is 10.7 Å². The summed E-state index contributed by atoms with van der Waals surface area (Å²) in [5.74, 6) is -0.115. The van der Waals surface area contributed by atoms with Crippen LogP contribution in [0.5, 0.6) is 0 Å². The number of sulfonamides is 1. The summed E-state index contributed by atoms with van der Waals surface area (Å²) in [5, 5.41) is 3.23. The van der Waals surface area contributed by atoms with E-state index in [2.05, 4.69) is 17.1 Å². The van der Waals surface area contributed by atoms with Crippen molar-refractivity contribution in [3.05, 3.63) is 29.3 Å². The molecule has 0 saturated carbocycles. The highest BCUT2D eigenvalue weighted by Crippen LogP contribution is 2.21. The quantitative estimate of drug-likeness (QED) is 0.703. The van der Waals surface area contributed by atoms with Crippen LogP contribution in [0.1, 0.15) is 37.3 Å². The summed E-state index contributed by atoms with van der Waals surface area (Å²) < 4.78 is 28.4. The maximum Gasteiger partial charge on any atom is 0.243 e. The Bertz CT molecular complexity index is 837. The van der Waals surface area contributed by atoms with Gasteiger partial charge in [-0.3, -0.25) is 9.69 Å². The Morgan fingerprint density at radius 3 is 2.53 bits per heavy atom. The molecule has 0 unspecified atom stereocenters. The minimum Gasteiger partial charge on any atom is -0.339 e. The van der Waals surface area contributed by atoms with Gasteiger partial charge in [0.05, 0.1) is 11.4 Å². The Kier molecular flexibility index (Phi) is 7.90. The SMILES string of the molecule is Cc1ccc(S(=O)(=O)N(CCN2CCCC[C@@H]2C)CC(=O)N2CCNCC2)cc1C. The van der Waals surface area contributed by atoms with E-state index in [4.69, 9.17) is 0 Å². The zero-order chi connectivity index (χ0) is 21.7. The van der Waals surface area contributed by atoms with Gasteiger partial charge in [0, 0.05) is 45.3 Å². The van der Waals surface area contributed by atoms with Crippen LogP contribution < -0.4 is 5.32 Å². The molecule has 2 heterocycles. The van der Waals surface area contributed by atoms with E-state index in [0.29, 0.717) is 32.2 Å². The van der Waals surface area contributed by atoms with Crippen LogP contribution in [0, 0.1) is 13.8 Å². The smallest absolute Gasteiger partial charge is 0.243 e. The third kappa shape index (κ3) is 5.60. The van der Waals surface area contributed by atoms with Crippen molar-refractivity contribution in [3.8, 4) is 0 Å². The lowest BCUT2D eigenvalue weighted by Gasteiger charge is -2.35. The first-order chi connectivity index (χ1) is 14.3. The maximum atomic E-state index is 13.5. The number of hydrogen-bond acceptors (Lipinski definition) is 5. The van der Waals surface area contributed by atoms with E-state index >= 15 is 0 Å². The largest absolute Gasteiger partial charge is 0.339 e. The van der Waals surface area contributed by atoms with Crippen LogP contribution in [-0.2, 0) is 14.8 Å². The number of aryl methyl sites for hydroxylation is 2. The maximum absolute atomic E-state index is 13.5. The average Bonchev–Trinajstić information content (AvgIpc) is 2.74. The summed E-state index contributed by atoms with van der Waals surface area (Å²) in [6.45, 7) is 10.7. The number of piperidine rings is 1. The van der Waals surface area contributed by atoms with Crippen molar-refractivity contribution in [2.75, 3.05) is 52.4 Å². The monoisotopic (exact) mass is 436 g/mol. The first kappa shape index (κ1) is 23.2. The van der Waals surface area contributed by atoms with Crippen molar-refractivity contribution >= 4 is 15.9 Å². The van der Waals surface area contributed by atoms with Gasteiger partial charge in [-0.15, -0.1) is 0 Å². The molecule has 8 heteroatoms. The fraction of sp³-hybridized carbons (Fsp3) is 0.682. The van der Waals surface area contributed by atoms with E-state index < -0.39 is 10.0 Å². The van der Waals surface area contributed by atoms with Crippen LogP contribution in [0.25, 0.3) is 0 Å². The van der Waals surface area contributed by atoms with Gasteiger partial charge in [0.2, 0.25) is 15.9 Å². The summed E-state index contributed by atoms with van der Waals surface area (Å²) in [5.41, 5.74) is 1.99. The van der Waals surface area contributed by atoms with Crippen LogP contribution in [0.3, 0.4) is 0 Å². The normalized spacial score (nSPS) is 21.2. The lowest BCUT2D eigenvalue weighted by Crippen LogP contribution is -2.51. The molecule has 2 saturated heterocycles. The second kappa shape index (κ2) is 10.2. The van der Waals surface area contributed by atoms with E-state index in [1.807, 2.05) is 19.9 Å². The highest BCUT2D eigenvalue weighted by Gasteiger charge is 2.30. The average molecular weight is 437 g/mol. The molecule has 2 aliphatic heterocycles. The number of amides is 1. The Morgan fingerprint density at radius 2 is 1.87 bits per heavy atom. The molecular formula is C22H36N4O3S. The van der Waals surface area contributed by atoms with Crippen molar-refractivity contribution in [3.63, 3.8) is 0 Å². The molecule has 0 aliphatic carbocycles. The molecule has 0 radical (unpaired) electrons. The van der Waals surface area contributed by atoms with E-state index in [-0.39, 0.29) is 17.3 Å². The molecule has 30 heavy (non-hydrogen) atoms. The van der Waals surface area contributed by atoms with Crippen molar-refractivity contribution in [2.24, 2.45) is 0 Å². The second-order valence-corrected chi connectivity index (χ2v) is 10.5. The predicted octanol–water partition coefficient (Wildman–Crippen LogP) is 1.60. The molecule has 2 aliphatic rings. The molecule has 1 aromatic carbocycles. The molecule has 168 valence electrons. The molecule has 1 amide bonds.